The van der Waals surface area contributed by atoms with Crippen molar-refractivity contribution in [3.63, 3.8) is 0 Å². The molecule has 2 aromatic rings. The van der Waals surface area contributed by atoms with Crippen molar-refractivity contribution >= 4 is 17.0 Å². The molecule has 0 unspecified atom stereocenters. The normalized spacial score (nSPS) is 23.1. The van der Waals surface area contributed by atoms with Crippen LogP contribution in [-0.4, -0.2) is 51.5 Å². The van der Waals surface area contributed by atoms with Crippen LogP contribution < -0.4 is 11.4 Å². The lowest BCUT2D eigenvalue weighted by Crippen LogP contribution is -2.30. The molecular formula is C18H29N5O4. The molecule has 3 atom stereocenters. The van der Waals surface area contributed by atoms with Gasteiger partial charge in [-0.25, -0.2) is 9.78 Å². The molecule has 1 saturated heterocycles. The Kier molecular flexibility index (Phi) is 6.13. The Bertz CT molecular complexity index is 816. The molecule has 9 nitrogen and oxygen atoms in total. The lowest BCUT2D eigenvalue weighted by atomic mass is 10.1. The summed E-state index contributed by atoms with van der Waals surface area (Å²) in [5.41, 5.74) is 6.20. The third-order valence-corrected chi connectivity index (χ3v) is 4.34. The largest absolute Gasteiger partial charge is 0.383 e. The monoisotopic (exact) mass is 379 g/mol. The number of imidazole rings is 1. The lowest BCUT2D eigenvalue weighted by Gasteiger charge is -2.20. The average molecular weight is 379 g/mol. The first kappa shape index (κ1) is 19.8. The van der Waals surface area contributed by atoms with Crippen molar-refractivity contribution in [1.29, 1.82) is 0 Å². The van der Waals surface area contributed by atoms with Crippen molar-refractivity contribution in [1.82, 2.24) is 19.5 Å². The van der Waals surface area contributed by atoms with Crippen molar-refractivity contribution in [3.8, 4) is 0 Å². The summed E-state index contributed by atoms with van der Waals surface area (Å²) in [6.07, 6.45) is 1.60. The highest BCUT2D eigenvalue weighted by molar-refractivity contribution is 5.81. The summed E-state index contributed by atoms with van der Waals surface area (Å²) in [5.74, 6) is 1.08. The minimum Gasteiger partial charge on any atom is -0.383 e. The van der Waals surface area contributed by atoms with Gasteiger partial charge in [0.25, 0.3) is 0 Å². The molecule has 1 fully saturated rings. The molecule has 0 bridgehead atoms. The van der Waals surface area contributed by atoms with Crippen LogP contribution in [0, 0.1) is 11.8 Å². The molecule has 9 heteroatoms. The van der Waals surface area contributed by atoms with Gasteiger partial charge in [-0.15, -0.1) is 0 Å². The third kappa shape index (κ3) is 4.66. The summed E-state index contributed by atoms with van der Waals surface area (Å²) in [5, 5.41) is 0. The molecule has 1 aliphatic rings. The summed E-state index contributed by atoms with van der Waals surface area (Å²) < 4.78 is 19.8. The predicted molar refractivity (Wildman–Crippen MR) is 101 cm³/mol. The summed E-state index contributed by atoms with van der Waals surface area (Å²) in [4.78, 5) is 22.4. The van der Waals surface area contributed by atoms with E-state index in [1.54, 1.807) is 10.9 Å². The van der Waals surface area contributed by atoms with E-state index in [1.165, 1.54) is 0 Å². The molecule has 2 aromatic heterocycles. The van der Waals surface area contributed by atoms with Crippen LogP contribution in [-0.2, 0) is 14.2 Å². The molecule has 0 radical (unpaired) electrons. The highest BCUT2D eigenvalue weighted by Crippen LogP contribution is 2.33. The minimum atomic E-state index is -0.510. The number of aromatic amines is 1. The van der Waals surface area contributed by atoms with Gasteiger partial charge in [0.15, 0.2) is 5.65 Å². The first-order chi connectivity index (χ1) is 12.8. The molecule has 0 saturated carbocycles. The van der Waals surface area contributed by atoms with Gasteiger partial charge in [0.05, 0.1) is 19.0 Å². The highest BCUT2D eigenvalue weighted by Gasteiger charge is 2.38. The molecule has 0 spiro atoms. The highest BCUT2D eigenvalue weighted by atomic mass is 16.6. The van der Waals surface area contributed by atoms with E-state index in [2.05, 4.69) is 42.6 Å². The van der Waals surface area contributed by atoms with E-state index in [-0.39, 0.29) is 24.3 Å². The van der Waals surface area contributed by atoms with Gasteiger partial charge in [-0.05, 0) is 11.8 Å². The van der Waals surface area contributed by atoms with Crippen LogP contribution >= 0.6 is 0 Å². The number of ether oxygens (including phenoxy) is 3. The number of anilines is 1. The van der Waals surface area contributed by atoms with Crippen molar-refractivity contribution in [3.05, 3.63) is 16.8 Å². The zero-order valence-electron chi connectivity index (χ0n) is 16.3. The second-order valence-corrected chi connectivity index (χ2v) is 7.84. The van der Waals surface area contributed by atoms with Crippen LogP contribution in [0.15, 0.2) is 11.1 Å². The second kappa shape index (κ2) is 8.37. The zero-order chi connectivity index (χ0) is 19.6. The standard InChI is InChI=1S/C18H29N5O4/c1-10(2)6-25-8-13-12(26-7-11(3)4)5-14(27-13)23-9-20-15-16(19)21-18(24)22-17(15)23/h9-14H,5-8H2,1-4H3,(H3,19,21,22,24)/t12-,13+,14+/m0/s1. The number of fused-ring (bicyclic) bond motifs is 1. The number of nitrogens with two attached hydrogens (primary N) is 1. The fraction of sp³-hybridized carbons (Fsp3) is 0.722. The van der Waals surface area contributed by atoms with E-state index in [0.29, 0.717) is 49.2 Å². The van der Waals surface area contributed by atoms with Gasteiger partial charge in [-0.1, -0.05) is 27.7 Å². The molecule has 0 amide bonds. The van der Waals surface area contributed by atoms with E-state index in [9.17, 15) is 4.79 Å². The van der Waals surface area contributed by atoms with Gasteiger partial charge < -0.3 is 19.9 Å². The number of nitrogen functional groups attached to an aromatic ring is 1. The molecule has 3 heterocycles. The lowest BCUT2D eigenvalue weighted by molar-refractivity contribution is -0.0814. The summed E-state index contributed by atoms with van der Waals surface area (Å²) >= 11 is 0. The molecular weight excluding hydrogens is 350 g/mol. The first-order valence-corrected chi connectivity index (χ1v) is 9.42. The number of aromatic nitrogens is 4. The zero-order valence-corrected chi connectivity index (χ0v) is 16.3. The van der Waals surface area contributed by atoms with Crippen molar-refractivity contribution < 1.29 is 14.2 Å². The van der Waals surface area contributed by atoms with Gasteiger partial charge in [-0.3, -0.25) is 9.55 Å². The molecule has 3 N–H and O–H groups in total. The maximum Gasteiger partial charge on any atom is 0.348 e. The van der Waals surface area contributed by atoms with Crippen LogP contribution in [0.2, 0.25) is 0 Å². The van der Waals surface area contributed by atoms with E-state index < -0.39 is 5.69 Å². The Hall–Kier alpha value is -1.97. The average Bonchev–Trinajstić information content (AvgIpc) is 3.16. The van der Waals surface area contributed by atoms with Crippen LogP contribution in [0.3, 0.4) is 0 Å². The molecule has 3 rings (SSSR count). The van der Waals surface area contributed by atoms with E-state index >= 15 is 0 Å². The van der Waals surface area contributed by atoms with Crippen molar-refractivity contribution in [2.45, 2.75) is 52.6 Å². The predicted octanol–water partition coefficient (Wildman–Crippen LogP) is 1.70. The number of hydrogen-bond acceptors (Lipinski definition) is 7. The van der Waals surface area contributed by atoms with Crippen LogP contribution in [0.1, 0.15) is 40.3 Å². The maximum absolute atomic E-state index is 11.7. The Balaban J connectivity index is 1.79. The van der Waals surface area contributed by atoms with Gasteiger partial charge >= 0.3 is 5.69 Å². The summed E-state index contributed by atoms with van der Waals surface area (Å²) in [6.45, 7) is 10.2. The third-order valence-electron chi connectivity index (χ3n) is 4.34. The minimum absolute atomic E-state index is 0.0960. The number of nitrogens with zero attached hydrogens (tertiary/aromatic N) is 3. The molecule has 1 aliphatic heterocycles. The summed E-state index contributed by atoms with van der Waals surface area (Å²) in [6, 6.07) is 0. The van der Waals surface area contributed by atoms with Gasteiger partial charge in [-0.2, -0.15) is 4.98 Å². The molecule has 0 aromatic carbocycles. The smallest absolute Gasteiger partial charge is 0.348 e. The van der Waals surface area contributed by atoms with Crippen LogP contribution in [0.25, 0.3) is 11.2 Å². The van der Waals surface area contributed by atoms with E-state index in [4.69, 9.17) is 19.9 Å². The summed E-state index contributed by atoms with van der Waals surface area (Å²) in [7, 11) is 0. The first-order valence-electron chi connectivity index (χ1n) is 9.42. The number of H-pyrrole nitrogens is 1. The topological polar surface area (TPSA) is 117 Å². The van der Waals surface area contributed by atoms with E-state index in [0.717, 1.165) is 0 Å². The Labute approximate surface area is 158 Å². The SMILES string of the molecule is CC(C)COC[C@H]1O[C@@H](n2cnc3c(N)[nH]c(=O)nc32)C[C@@H]1OCC(C)C. The number of rotatable bonds is 8. The van der Waals surface area contributed by atoms with E-state index in [1.807, 2.05) is 0 Å². The van der Waals surface area contributed by atoms with Gasteiger partial charge in [0.2, 0.25) is 0 Å². The van der Waals surface area contributed by atoms with Gasteiger partial charge in [0, 0.05) is 19.6 Å². The Morgan fingerprint density at radius 2 is 2.07 bits per heavy atom. The molecule has 0 aliphatic carbocycles. The van der Waals surface area contributed by atoms with Crippen LogP contribution in [0.5, 0.6) is 0 Å². The van der Waals surface area contributed by atoms with Crippen LogP contribution in [0.4, 0.5) is 5.82 Å². The maximum atomic E-state index is 11.7. The fourth-order valence-corrected chi connectivity index (χ4v) is 3.10. The Morgan fingerprint density at radius 1 is 1.33 bits per heavy atom. The number of nitrogens with one attached hydrogen (secondary N) is 1. The molecule has 150 valence electrons. The quantitative estimate of drug-likeness (QED) is 0.717. The molecule has 27 heavy (non-hydrogen) atoms. The van der Waals surface area contributed by atoms with Gasteiger partial charge in [0.1, 0.15) is 23.7 Å². The van der Waals surface area contributed by atoms with Crippen molar-refractivity contribution in [2.75, 3.05) is 25.6 Å². The number of hydrogen-bond donors (Lipinski definition) is 2. The second-order valence-electron chi connectivity index (χ2n) is 7.84. The fourth-order valence-electron chi connectivity index (χ4n) is 3.10. The van der Waals surface area contributed by atoms with Crippen molar-refractivity contribution in [2.24, 2.45) is 11.8 Å². The Morgan fingerprint density at radius 3 is 2.78 bits per heavy atom.